The molecule has 2 N–H and O–H groups in total. The fourth-order valence-electron chi connectivity index (χ4n) is 6.77. The summed E-state index contributed by atoms with van der Waals surface area (Å²) in [7, 11) is 1.98. The molecule has 1 aromatic heterocycles. The first-order valence-corrected chi connectivity index (χ1v) is 21.0. The van der Waals surface area contributed by atoms with Crippen molar-refractivity contribution >= 4 is 29.2 Å². The Balaban J connectivity index is 1.14. The number of hydrogen-bond acceptors (Lipinski definition) is 10. The maximum absolute atomic E-state index is 13.8. The molecule has 0 spiro atoms. The summed E-state index contributed by atoms with van der Waals surface area (Å²) in [5, 5.41) is 5.79. The Hall–Kier alpha value is -5.35. The quantitative estimate of drug-likeness (QED) is 0.0625. The maximum Gasteiger partial charge on any atom is 0.416 e. The summed E-state index contributed by atoms with van der Waals surface area (Å²) < 4.78 is 61.7. The fraction of sp³-hybridized carbons (Fsp3) is 0.447. The number of carbonyl (C=O) groups excluding carboxylic acids is 3. The monoisotopic (exact) mass is 861 g/mol. The van der Waals surface area contributed by atoms with Crippen LogP contribution >= 0.6 is 0 Å². The number of rotatable bonds is 21. The second kappa shape index (κ2) is 23.2. The van der Waals surface area contributed by atoms with E-state index in [-0.39, 0.29) is 37.0 Å². The molecule has 334 valence electrons. The van der Waals surface area contributed by atoms with E-state index in [4.69, 9.17) is 18.9 Å². The number of hydrogen-bond donors (Lipinski definition) is 2. The van der Waals surface area contributed by atoms with Crippen LogP contribution in [0, 0.1) is 0 Å². The predicted octanol–water partition coefficient (Wildman–Crippen LogP) is 8.15. The van der Waals surface area contributed by atoms with E-state index in [1.54, 1.807) is 18.2 Å². The second-order valence-electron chi connectivity index (χ2n) is 16.2. The van der Waals surface area contributed by atoms with Crippen LogP contribution in [0.2, 0.25) is 0 Å². The minimum atomic E-state index is -4.49. The fourth-order valence-corrected chi connectivity index (χ4v) is 6.77. The van der Waals surface area contributed by atoms with Crippen molar-refractivity contribution in [3.8, 4) is 11.3 Å². The Morgan fingerprint density at radius 1 is 0.758 bits per heavy atom. The van der Waals surface area contributed by atoms with Gasteiger partial charge in [0.2, 0.25) is 0 Å². The number of aromatic nitrogens is 1. The van der Waals surface area contributed by atoms with Crippen molar-refractivity contribution < 1.29 is 46.5 Å². The molecule has 0 atom stereocenters. The molecule has 0 saturated carbocycles. The molecule has 2 heterocycles. The molecule has 0 bridgehead atoms. The molecule has 15 heteroatoms. The molecule has 1 saturated heterocycles. The molecule has 0 unspecified atom stereocenters. The van der Waals surface area contributed by atoms with Crippen LogP contribution in [-0.2, 0) is 43.0 Å². The number of esters is 1. The Morgan fingerprint density at radius 2 is 1.44 bits per heavy atom. The summed E-state index contributed by atoms with van der Waals surface area (Å²) in [6.07, 6.45) is 0.506. The van der Waals surface area contributed by atoms with E-state index in [1.165, 1.54) is 18.3 Å². The van der Waals surface area contributed by atoms with Crippen molar-refractivity contribution in [3.63, 3.8) is 0 Å². The van der Waals surface area contributed by atoms with Crippen LogP contribution in [0.4, 0.5) is 24.5 Å². The highest BCUT2D eigenvalue weighted by molar-refractivity contribution is 6.06. The molecule has 4 aromatic rings. The van der Waals surface area contributed by atoms with Gasteiger partial charge in [0.15, 0.2) is 0 Å². The Kier molecular flexibility index (Phi) is 17.8. The molecular formula is C47H58F3N5O7. The van der Waals surface area contributed by atoms with E-state index < -0.39 is 23.2 Å². The van der Waals surface area contributed by atoms with Gasteiger partial charge in [-0.15, -0.1) is 0 Å². The Morgan fingerprint density at radius 3 is 2.16 bits per heavy atom. The van der Waals surface area contributed by atoms with E-state index in [9.17, 15) is 27.6 Å². The van der Waals surface area contributed by atoms with Crippen molar-refractivity contribution in [3.05, 3.63) is 113 Å². The molecular weight excluding hydrogens is 804 g/mol. The zero-order valence-electron chi connectivity index (χ0n) is 36.0. The summed E-state index contributed by atoms with van der Waals surface area (Å²) in [6.45, 7) is 10.8. The van der Waals surface area contributed by atoms with E-state index in [0.29, 0.717) is 74.2 Å². The van der Waals surface area contributed by atoms with Crippen molar-refractivity contribution in [1.82, 2.24) is 15.2 Å². The van der Waals surface area contributed by atoms with Gasteiger partial charge in [0.1, 0.15) is 5.60 Å². The van der Waals surface area contributed by atoms with Crippen LogP contribution in [0.1, 0.15) is 83.9 Å². The summed E-state index contributed by atoms with van der Waals surface area (Å²) in [6, 6.07) is 21.2. The lowest BCUT2D eigenvalue weighted by molar-refractivity contribution is -0.156. The van der Waals surface area contributed by atoms with E-state index in [1.807, 2.05) is 64.2 Å². The average molecular weight is 862 g/mol. The third-order valence-corrected chi connectivity index (χ3v) is 9.85. The molecule has 3 aromatic carbocycles. The summed E-state index contributed by atoms with van der Waals surface area (Å²) in [4.78, 5) is 47.8. The second-order valence-corrected chi connectivity index (χ2v) is 16.2. The van der Waals surface area contributed by atoms with Crippen LogP contribution in [0.25, 0.3) is 11.3 Å². The number of pyridine rings is 1. The lowest BCUT2D eigenvalue weighted by Crippen LogP contribution is -2.29. The van der Waals surface area contributed by atoms with Gasteiger partial charge < -0.3 is 34.5 Å². The maximum atomic E-state index is 13.8. The highest BCUT2D eigenvalue weighted by Gasteiger charge is 2.30. The normalized spacial score (nSPS) is 13.3. The number of likely N-dealkylation sites (N-methyl/N-ethyl adjacent to an activating group) is 1. The number of piperidine rings is 1. The predicted molar refractivity (Wildman–Crippen MR) is 232 cm³/mol. The zero-order valence-corrected chi connectivity index (χ0v) is 36.0. The topological polar surface area (TPSA) is 132 Å². The first-order valence-electron chi connectivity index (χ1n) is 21.0. The van der Waals surface area contributed by atoms with Crippen LogP contribution in [0.3, 0.4) is 0 Å². The van der Waals surface area contributed by atoms with Crippen LogP contribution in [0.15, 0.2) is 85.1 Å². The van der Waals surface area contributed by atoms with Crippen molar-refractivity contribution in [2.24, 2.45) is 0 Å². The molecule has 1 aliphatic rings. The molecule has 1 aliphatic heterocycles. The molecule has 0 radical (unpaired) electrons. The van der Waals surface area contributed by atoms with Gasteiger partial charge in [-0.05, 0) is 113 Å². The molecule has 12 nitrogen and oxygen atoms in total. The first kappa shape index (κ1) is 47.7. The summed E-state index contributed by atoms with van der Waals surface area (Å²) >= 11 is 0. The Bertz CT molecular complexity index is 2090. The molecule has 1 fully saturated rings. The third kappa shape index (κ3) is 15.8. The van der Waals surface area contributed by atoms with E-state index in [2.05, 4.69) is 25.4 Å². The van der Waals surface area contributed by atoms with Gasteiger partial charge in [-0.25, -0.2) is 0 Å². The number of halogens is 3. The average Bonchev–Trinajstić information content (AvgIpc) is 3.24. The number of alkyl halides is 3. The number of benzene rings is 3. The lowest BCUT2D eigenvalue weighted by atomic mass is 10.0. The van der Waals surface area contributed by atoms with Gasteiger partial charge in [-0.3, -0.25) is 24.3 Å². The molecule has 62 heavy (non-hydrogen) atoms. The summed E-state index contributed by atoms with van der Waals surface area (Å²) in [5.74, 6) is -1.08. The van der Waals surface area contributed by atoms with Crippen molar-refractivity contribution in [1.29, 1.82) is 0 Å². The zero-order chi connectivity index (χ0) is 44.5. The number of nitrogens with one attached hydrogen (secondary N) is 2. The minimum absolute atomic E-state index is 0.0938. The number of anilines is 2. The summed E-state index contributed by atoms with van der Waals surface area (Å²) in [5.41, 5.74) is 3.27. The smallest absolute Gasteiger partial charge is 0.416 e. The molecule has 5 rings (SSSR count). The van der Waals surface area contributed by atoms with Gasteiger partial charge in [-0.1, -0.05) is 24.3 Å². The highest BCUT2D eigenvalue weighted by Crippen LogP contribution is 2.34. The first-order chi connectivity index (χ1) is 29.6. The molecule has 0 aliphatic carbocycles. The highest BCUT2D eigenvalue weighted by atomic mass is 19.4. The van der Waals surface area contributed by atoms with Gasteiger partial charge in [0.05, 0.1) is 63.0 Å². The number of ether oxygens (including phenoxy) is 4. The van der Waals surface area contributed by atoms with Crippen LogP contribution in [-0.4, -0.2) is 99.6 Å². The van der Waals surface area contributed by atoms with Gasteiger partial charge >= 0.3 is 12.1 Å². The number of amides is 2. The third-order valence-electron chi connectivity index (χ3n) is 9.85. The van der Waals surface area contributed by atoms with Gasteiger partial charge in [-0.2, -0.15) is 13.2 Å². The van der Waals surface area contributed by atoms with Gasteiger partial charge in [0, 0.05) is 61.3 Å². The molecule has 2 amide bonds. The standard InChI is InChI=1S/C47H58F3N5O7/c1-46(2,3)62-43(56)17-22-59-24-26-61-27-25-60-23-21-54(4)33-35-11-8-12-36(28-35)45(58)53-41-15-14-39(55-19-6-5-7-20-55)31-40(41)42-30-37(16-18-51-42)44(57)52-32-34-10-9-13-38(29-34)47(48,49)50/h8-16,18,28-31H,5-7,17,19-27,32-33H2,1-4H3,(H,52,57)(H,53,58). The van der Waals surface area contributed by atoms with E-state index >= 15 is 0 Å². The minimum Gasteiger partial charge on any atom is -0.460 e. The van der Waals surface area contributed by atoms with Crippen LogP contribution in [0.5, 0.6) is 0 Å². The Labute approximate surface area is 362 Å². The van der Waals surface area contributed by atoms with Crippen LogP contribution < -0.4 is 15.5 Å². The van der Waals surface area contributed by atoms with Crippen molar-refractivity contribution in [2.45, 2.75) is 71.3 Å². The number of nitrogens with zero attached hydrogens (tertiary/aromatic N) is 3. The SMILES string of the molecule is CN(CCOCCOCCOCCC(=O)OC(C)(C)C)Cc1cccc(C(=O)Nc2ccc(N3CCCCC3)cc2-c2cc(C(=O)NCc3cccc(C(F)(F)F)c3)ccn2)c1. The van der Waals surface area contributed by atoms with Gasteiger partial charge in [0.25, 0.3) is 11.8 Å². The number of carbonyl (C=O) groups is 3. The van der Waals surface area contributed by atoms with E-state index in [0.717, 1.165) is 55.7 Å². The lowest BCUT2D eigenvalue weighted by Gasteiger charge is -2.29. The largest absolute Gasteiger partial charge is 0.460 e. The van der Waals surface area contributed by atoms with Crippen molar-refractivity contribution in [2.75, 3.05) is 76.5 Å².